The van der Waals surface area contributed by atoms with Crippen LogP contribution in [0.1, 0.15) is 59.4 Å². The summed E-state index contributed by atoms with van der Waals surface area (Å²) >= 11 is 0. The summed E-state index contributed by atoms with van der Waals surface area (Å²) in [6.45, 7) is 5.45. The van der Waals surface area contributed by atoms with E-state index in [1.165, 1.54) is 25.7 Å². The minimum atomic E-state index is -1.59. The minimum absolute atomic E-state index is 0.0216. The number of amides is 8. The van der Waals surface area contributed by atoms with E-state index in [9.17, 15) is 58.5 Å². The van der Waals surface area contributed by atoms with E-state index in [0.717, 1.165) is 0 Å². The quantitative estimate of drug-likeness (QED) is 0.0492. The number of hydrogen-bond acceptors (Lipinski definition) is 13. The number of nitrogens with zero attached hydrogens (tertiary/aromatic N) is 1. The van der Waals surface area contributed by atoms with Crippen molar-refractivity contribution in [2.45, 2.75) is 115 Å². The summed E-state index contributed by atoms with van der Waals surface area (Å²) in [6, 6.07) is -0.619. The third-order valence-corrected chi connectivity index (χ3v) is 9.35. The molecule has 1 heterocycles. The number of carboxylic acids is 1. The van der Waals surface area contributed by atoms with Crippen molar-refractivity contribution in [1.82, 2.24) is 42.1 Å². The molecular weight excluding hydrogens is 790 g/mol. The summed E-state index contributed by atoms with van der Waals surface area (Å²) in [6.07, 6.45) is -2.16. The maximum Gasteiger partial charge on any atom is 0.326 e. The highest BCUT2D eigenvalue weighted by atomic mass is 16.4. The van der Waals surface area contributed by atoms with Gasteiger partial charge in [0, 0.05) is 13.0 Å². The summed E-state index contributed by atoms with van der Waals surface area (Å²) < 4.78 is 0. The standard InChI is InChI=1S/C38H59N9O13/c1-19(2)14-25(33(54)44-26(38(59)60)15-23-10-7-6-8-11-23)43-36(57)30(21(4)49)45-29(52)17-40-28(51)16-41-34(55)27-12-9-13-47(27)37(58)20(3)42-35(56)31(22(5)50)46-32(53)24(39)18-48/h6-8,10-11,19-22,24-27,30-31,48-50H,9,12-18,39H2,1-5H3,(H,40,51)(H,41,55)(H,42,56)(H,43,57)(H,44,54)(H,45,52)(H,46,53)(H,59,60)/t20-,21+,22+,24-,25-,26-,27-,30-,31-/m0/s1. The summed E-state index contributed by atoms with van der Waals surface area (Å²) in [5.41, 5.74) is 6.11. The molecule has 13 N–H and O–H groups in total. The highest BCUT2D eigenvalue weighted by Crippen LogP contribution is 2.19. The Kier molecular flexibility index (Phi) is 20.5. The van der Waals surface area contributed by atoms with Gasteiger partial charge < -0.3 is 68.3 Å². The molecule has 0 spiro atoms. The summed E-state index contributed by atoms with van der Waals surface area (Å²) in [5, 5.41) is 55.6. The molecule has 2 rings (SSSR count). The number of nitrogens with two attached hydrogens (primary N) is 1. The molecule has 1 aliphatic heterocycles. The molecular formula is C38H59N9O13. The molecule has 0 aliphatic carbocycles. The van der Waals surface area contributed by atoms with Crippen LogP contribution in [0.25, 0.3) is 0 Å². The average Bonchev–Trinajstić information content (AvgIpc) is 3.69. The van der Waals surface area contributed by atoms with Crippen LogP contribution in [0.5, 0.6) is 0 Å². The number of carbonyl (C=O) groups is 9. The van der Waals surface area contributed by atoms with Gasteiger partial charge >= 0.3 is 5.97 Å². The third kappa shape index (κ3) is 16.2. The van der Waals surface area contributed by atoms with Crippen LogP contribution in [0.2, 0.25) is 0 Å². The lowest BCUT2D eigenvalue weighted by Gasteiger charge is -2.28. The van der Waals surface area contributed by atoms with E-state index in [4.69, 9.17) is 10.8 Å². The normalized spacial score (nSPS) is 17.6. The van der Waals surface area contributed by atoms with E-state index < -0.39 is 127 Å². The maximum atomic E-state index is 13.3. The lowest BCUT2D eigenvalue weighted by molar-refractivity contribution is -0.142. The van der Waals surface area contributed by atoms with Gasteiger partial charge in [0.2, 0.25) is 47.3 Å². The van der Waals surface area contributed by atoms with Crippen LogP contribution in [0, 0.1) is 5.92 Å². The van der Waals surface area contributed by atoms with Crippen molar-refractivity contribution < 1.29 is 63.6 Å². The number of carboxylic acid groups (broad SMARTS) is 1. The van der Waals surface area contributed by atoms with Crippen LogP contribution >= 0.6 is 0 Å². The number of nitrogens with one attached hydrogen (secondary N) is 7. The van der Waals surface area contributed by atoms with Gasteiger partial charge in [0.15, 0.2) is 0 Å². The molecule has 0 unspecified atom stereocenters. The molecule has 1 aliphatic rings. The largest absolute Gasteiger partial charge is 0.480 e. The molecule has 22 nitrogen and oxygen atoms in total. The van der Waals surface area contributed by atoms with Gasteiger partial charge in [0.05, 0.1) is 31.9 Å². The van der Waals surface area contributed by atoms with E-state index in [0.29, 0.717) is 12.0 Å². The molecule has 334 valence electrons. The number of aliphatic hydroxyl groups excluding tert-OH is 3. The number of benzene rings is 1. The molecule has 1 aromatic carbocycles. The zero-order chi connectivity index (χ0) is 45.3. The van der Waals surface area contributed by atoms with E-state index in [1.807, 2.05) is 0 Å². The lowest BCUT2D eigenvalue weighted by atomic mass is 10.0. The number of carbonyl (C=O) groups excluding carboxylic acids is 8. The van der Waals surface area contributed by atoms with E-state index in [2.05, 4.69) is 37.2 Å². The Morgan fingerprint density at radius 1 is 0.733 bits per heavy atom. The second-order valence-corrected chi connectivity index (χ2v) is 15.0. The van der Waals surface area contributed by atoms with Crippen molar-refractivity contribution in [1.29, 1.82) is 0 Å². The van der Waals surface area contributed by atoms with Gasteiger partial charge in [-0.05, 0) is 51.5 Å². The summed E-state index contributed by atoms with van der Waals surface area (Å²) in [4.78, 5) is 116. The Labute approximate surface area is 347 Å². The Bertz CT molecular complexity index is 1680. The first-order chi connectivity index (χ1) is 28.2. The van der Waals surface area contributed by atoms with Crippen LogP contribution in [-0.2, 0) is 49.6 Å². The smallest absolute Gasteiger partial charge is 0.326 e. The molecule has 0 aromatic heterocycles. The van der Waals surface area contributed by atoms with Crippen molar-refractivity contribution in [3.05, 3.63) is 35.9 Å². The second kappa shape index (κ2) is 24.4. The number of rotatable bonds is 23. The first-order valence-electron chi connectivity index (χ1n) is 19.5. The molecule has 0 bridgehead atoms. The van der Waals surface area contributed by atoms with Gasteiger partial charge in [-0.15, -0.1) is 0 Å². The highest BCUT2D eigenvalue weighted by Gasteiger charge is 2.38. The fraction of sp³-hybridized carbons (Fsp3) is 0.605. The summed E-state index contributed by atoms with van der Waals surface area (Å²) in [7, 11) is 0. The second-order valence-electron chi connectivity index (χ2n) is 15.0. The minimum Gasteiger partial charge on any atom is -0.480 e. The molecule has 8 amide bonds. The number of aliphatic hydroxyl groups is 3. The third-order valence-electron chi connectivity index (χ3n) is 9.35. The van der Waals surface area contributed by atoms with Gasteiger partial charge in [-0.1, -0.05) is 44.2 Å². The molecule has 0 radical (unpaired) electrons. The Morgan fingerprint density at radius 3 is 1.87 bits per heavy atom. The van der Waals surface area contributed by atoms with E-state index in [1.54, 1.807) is 44.2 Å². The first kappa shape index (κ1) is 50.4. The van der Waals surface area contributed by atoms with Crippen molar-refractivity contribution in [2.75, 3.05) is 26.2 Å². The molecule has 9 atom stereocenters. The number of hydrogen-bond donors (Lipinski definition) is 12. The summed E-state index contributed by atoms with van der Waals surface area (Å²) in [5.74, 6) is -8.09. The van der Waals surface area contributed by atoms with Gasteiger partial charge in [0.1, 0.15) is 42.3 Å². The molecule has 1 aromatic rings. The molecule has 0 saturated carbocycles. The fourth-order valence-electron chi connectivity index (χ4n) is 6.11. The first-order valence-corrected chi connectivity index (χ1v) is 19.5. The van der Waals surface area contributed by atoms with Crippen molar-refractivity contribution in [3.63, 3.8) is 0 Å². The van der Waals surface area contributed by atoms with Crippen molar-refractivity contribution in [2.24, 2.45) is 11.7 Å². The fourth-order valence-corrected chi connectivity index (χ4v) is 6.11. The molecule has 60 heavy (non-hydrogen) atoms. The molecule has 1 saturated heterocycles. The van der Waals surface area contributed by atoms with E-state index in [-0.39, 0.29) is 31.7 Å². The lowest BCUT2D eigenvalue weighted by Crippen LogP contribution is -2.60. The van der Waals surface area contributed by atoms with Crippen molar-refractivity contribution >= 4 is 53.2 Å². The van der Waals surface area contributed by atoms with Crippen LogP contribution in [0.15, 0.2) is 30.3 Å². The van der Waals surface area contributed by atoms with Gasteiger partial charge in [-0.2, -0.15) is 0 Å². The van der Waals surface area contributed by atoms with Crippen LogP contribution in [-0.4, -0.2) is 159 Å². The molecule has 22 heteroatoms. The van der Waals surface area contributed by atoms with Gasteiger partial charge in [-0.25, -0.2) is 4.79 Å². The SMILES string of the molecule is CC(C)C[C@H](NC(=O)[C@@H](NC(=O)CNC(=O)CNC(=O)[C@@H]1CCCN1C(=O)[C@H](C)NC(=O)[C@@H](NC(=O)[C@@H](N)CO)[C@@H](C)O)[C@@H](C)O)C(=O)N[C@@H](Cc1ccccc1)C(=O)O. The predicted octanol–water partition coefficient (Wildman–Crippen LogP) is -4.89. The Hall–Kier alpha value is -5.71. The van der Waals surface area contributed by atoms with E-state index >= 15 is 0 Å². The monoisotopic (exact) mass is 849 g/mol. The zero-order valence-electron chi connectivity index (χ0n) is 34.3. The zero-order valence-corrected chi connectivity index (χ0v) is 34.3. The maximum absolute atomic E-state index is 13.3. The van der Waals surface area contributed by atoms with Crippen LogP contribution in [0.3, 0.4) is 0 Å². The highest BCUT2D eigenvalue weighted by molar-refractivity contribution is 5.97. The Morgan fingerprint density at radius 2 is 1.30 bits per heavy atom. The number of aliphatic carboxylic acids is 1. The van der Waals surface area contributed by atoms with Crippen LogP contribution < -0.4 is 43.0 Å². The van der Waals surface area contributed by atoms with Crippen molar-refractivity contribution in [3.8, 4) is 0 Å². The van der Waals surface area contributed by atoms with Gasteiger partial charge in [-0.3, -0.25) is 38.4 Å². The predicted molar refractivity (Wildman–Crippen MR) is 212 cm³/mol. The Balaban J connectivity index is 1.93. The topological polar surface area (TPSA) is 348 Å². The number of likely N-dealkylation sites (tertiary alicyclic amines) is 1. The van der Waals surface area contributed by atoms with Gasteiger partial charge in [0.25, 0.3) is 0 Å². The average molecular weight is 850 g/mol. The van der Waals surface area contributed by atoms with Crippen LogP contribution in [0.4, 0.5) is 0 Å². The molecule has 1 fully saturated rings.